The summed E-state index contributed by atoms with van der Waals surface area (Å²) in [4.78, 5) is 13.7. The third-order valence-corrected chi connectivity index (χ3v) is 3.64. The first-order chi connectivity index (χ1) is 7.61. The van der Waals surface area contributed by atoms with Crippen LogP contribution in [0.3, 0.4) is 0 Å². The van der Waals surface area contributed by atoms with Crippen LogP contribution < -0.4 is 5.32 Å². The molecule has 2 unspecified atom stereocenters. The SMILES string of the molecule is CC(Br)C(=O)NCCCN1CCCCC1C. The maximum Gasteiger partial charge on any atom is 0.233 e. The number of rotatable bonds is 5. The second-order valence-electron chi connectivity index (χ2n) is 4.64. The van der Waals surface area contributed by atoms with Crippen LogP contribution in [0.4, 0.5) is 0 Å². The van der Waals surface area contributed by atoms with Gasteiger partial charge < -0.3 is 10.2 Å². The van der Waals surface area contributed by atoms with E-state index >= 15 is 0 Å². The van der Waals surface area contributed by atoms with Crippen molar-refractivity contribution in [1.29, 1.82) is 0 Å². The van der Waals surface area contributed by atoms with E-state index in [1.165, 1.54) is 25.8 Å². The molecule has 0 bridgehead atoms. The van der Waals surface area contributed by atoms with Crippen molar-refractivity contribution >= 4 is 21.8 Å². The van der Waals surface area contributed by atoms with Crippen LogP contribution in [-0.4, -0.2) is 41.3 Å². The fraction of sp³-hybridized carbons (Fsp3) is 0.917. The lowest BCUT2D eigenvalue weighted by Gasteiger charge is -2.33. The summed E-state index contributed by atoms with van der Waals surface area (Å²) >= 11 is 3.26. The fourth-order valence-corrected chi connectivity index (χ4v) is 2.29. The summed E-state index contributed by atoms with van der Waals surface area (Å²) in [6.07, 6.45) is 5.07. The van der Waals surface area contributed by atoms with Crippen LogP contribution >= 0.6 is 15.9 Å². The molecule has 1 amide bonds. The first kappa shape index (κ1) is 14.0. The van der Waals surface area contributed by atoms with Gasteiger partial charge in [0.2, 0.25) is 5.91 Å². The van der Waals surface area contributed by atoms with Gasteiger partial charge in [0.05, 0.1) is 4.83 Å². The van der Waals surface area contributed by atoms with Crippen molar-refractivity contribution in [3.05, 3.63) is 0 Å². The number of nitrogens with zero attached hydrogens (tertiary/aromatic N) is 1. The number of carbonyl (C=O) groups is 1. The summed E-state index contributed by atoms with van der Waals surface area (Å²) in [5.41, 5.74) is 0. The molecule has 1 N–H and O–H groups in total. The predicted octanol–water partition coefficient (Wildman–Crippen LogP) is 2.15. The summed E-state index contributed by atoms with van der Waals surface area (Å²) in [5.74, 6) is 0.0895. The van der Waals surface area contributed by atoms with Gasteiger partial charge in [-0.1, -0.05) is 22.4 Å². The van der Waals surface area contributed by atoms with Crippen LogP contribution in [-0.2, 0) is 4.79 Å². The molecule has 1 aliphatic rings. The molecule has 0 aliphatic carbocycles. The van der Waals surface area contributed by atoms with Crippen LogP contribution in [0.1, 0.15) is 39.5 Å². The predicted molar refractivity (Wildman–Crippen MR) is 70.9 cm³/mol. The van der Waals surface area contributed by atoms with Gasteiger partial charge in [-0.05, 0) is 39.7 Å². The average molecular weight is 291 g/mol. The van der Waals surface area contributed by atoms with Crippen LogP contribution in [0, 0.1) is 0 Å². The number of likely N-dealkylation sites (tertiary alicyclic amines) is 1. The van der Waals surface area contributed by atoms with Gasteiger partial charge >= 0.3 is 0 Å². The van der Waals surface area contributed by atoms with Crippen molar-refractivity contribution < 1.29 is 4.79 Å². The zero-order chi connectivity index (χ0) is 12.0. The van der Waals surface area contributed by atoms with E-state index in [1.807, 2.05) is 6.92 Å². The van der Waals surface area contributed by atoms with Gasteiger partial charge in [0.1, 0.15) is 0 Å². The van der Waals surface area contributed by atoms with Gasteiger partial charge in [0.15, 0.2) is 0 Å². The second-order valence-corrected chi connectivity index (χ2v) is 6.01. The summed E-state index contributed by atoms with van der Waals surface area (Å²) < 4.78 is 0. The van der Waals surface area contributed by atoms with E-state index in [-0.39, 0.29) is 10.7 Å². The molecule has 0 aromatic carbocycles. The van der Waals surface area contributed by atoms with Gasteiger partial charge in [-0.2, -0.15) is 0 Å². The van der Waals surface area contributed by atoms with Crippen molar-refractivity contribution in [3.8, 4) is 0 Å². The maximum atomic E-state index is 11.3. The molecule has 16 heavy (non-hydrogen) atoms. The molecular formula is C12H23BrN2O. The minimum Gasteiger partial charge on any atom is -0.355 e. The Bertz CT molecular complexity index is 221. The first-order valence-corrected chi connectivity index (χ1v) is 7.18. The molecular weight excluding hydrogens is 268 g/mol. The Morgan fingerprint density at radius 3 is 2.94 bits per heavy atom. The Morgan fingerprint density at radius 2 is 2.31 bits per heavy atom. The van der Waals surface area contributed by atoms with Crippen molar-refractivity contribution in [2.45, 2.75) is 50.4 Å². The lowest BCUT2D eigenvalue weighted by molar-refractivity contribution is -0.120. The van der Waals surface area contributed by atoms with Gasteiger partial charge in [0, 0.05) is 19.1 Å². The van der Waals surface area contributed by atoms with Gasteiger partial charge in [0.25, 0.3) is 0 Å². The maximum absolute atomic E-state index is 11.3. The van der Waals surface area contributed by atoms with E-state index in [2.05, 4.69) is 33.1 Å². The molecule has 4 heteroatoms. The van der Waals surface area contributed by atoms with E-state index in [0.717, 1.165) is 25.6 Å². The van der Waals surface area contributed by atoms with Crippen molar-refractivity contribution in [2.75, 3.05) is 19.6 Å². The lowest BCUT2D eigenvalue weighted by atomic mass is 10.0. The number of piperidine rings is 1. The van der Waals surface area contributed by atoms with E-state index in [0.29, 0.717) is 0 Å². The Morgan fingerprint density at radius 1 is 1.56 bits per heavy atom. The molecule has 0 saturated carbocycles. The van der Waals surface area contributed by atoms with E-state index < -0.39 is 0 Å². The van der Waals surface area contributed by atoms with Gasteiger partial charge in [-0.15, -0.1) is 0 Å². The Hall–Kier alpha value is -0.0900. The summed E-state index contributed by atoms with van der Waals surface area (Å²) in [5, 5.41) is 2.92. The molecule has 1 heterocycles. The number of hydrogen-bond acceptors (Lipinski definition) is 2. The monoisotopic (exact) mass is 290 g/mol. The third kappa shape index (κ3) is 4.83. The number of halogens is 1. The highest BCUT2D eigenvalue weighted by molar-refractivity contribution is 9.10. The highest BCUT2D eigenvalue weighted by Gasteiger charge is 2.17. The Labute approximate surface area is 107 Å². The second kappa shape index (κ2) is 7.28. The molecule has 0 radical (unpaired) electrons. The van der Waals surface area contributed by atoms with Crippen molar-refractivity contribution in [2.24, 2.45) is 0 Å². The highest BCUT2D eigenvalue weighted by atomic mass is 79.9. The molecule has 0 aromatic rings. The zero-order valence-corrected chi connectivity index (χ0v) is 11.9. The largest absolute Gasteiger partial charge is 0.355 e. The smallest absolute Gasteiger partial charge is 0.233 e. The van der Waals surface area contributed by atoms with Gasteiger partial charge in [-0.3, -0.25) is 4.79 Å². The quantitative estimate of drug-likeness (QED) is 0.622. The lowest BCUT2D eigenvalue weighted by Crippen LogP contribution is -2.39. The van der Waals surface area contributed by atoms with Crippen LogP contribution in [0.2, 0.25) is 0 Å². The number of amides is 1. The Balaban J connectivity index is 2.08. The van der Waals surface area contributed by atoms with Crippen molar-refractivity contribution in [1.82, 2.24) is 10.2 Å². The number of nitrogens with one attached hydrogen (secondary N) is 1. The topological polar surface area (TPSA) is 32.3 Å². The van der Waals surface area contributed by atoms with Crippen molar-refractivity contribution in [3.63, 3.8) is 0 Å². The molecule has 1 saturated heterocycles. The fourth-order valence-electron chi connectivity index (χ4n) is 2.12. The van der Waals surface area contributed by atoms with Crippen LogP contribution in [0.15, 0.2) is 0 Å². The summed E-state index contributed by atoms with van der Waals surface area (Å²) in [6, 6.07) is 0.722. The highest BCUT2D eigenvalue weighted by Crippen LogP contribution is 2.15. The molecule has 3 nitrogen and oxygen atoms in total. The van der Waals surface area contributed by atoms with Crippen LogP contribution in [0.5, 0.6) is 0 Å². The van der Waals surface area contributed by atoms with Gasteiger partial charge in [-0.25, -0.2) is 0 Å². The van der Waals surface area contributed by atoms with E-state index in [1.54, 1.807) is 0 Å². The van der Waals surface area contributed by atoms with E-state index in [4.69, 9.17) is 0 Å². The van der Waals surface area contributed by atoms with E-state index in [9.17, 15) is 4.79 Å². The zero-order valence-electron chi connectivity index (χ0n) is 10.3. The normalized spacial score (nSPS) is 24.1. The molecule has 94 valence electrons. The molecule has 1 rings (SSSR count). The number of alkyl halides is 1. The summed E-state index contributed by atoms with van der Waals surface area (Å²) in [6.45, 7) is 7.28. The molecule has 1 aliphatic heterocycles. The standard InChI is InChI=1S/C12H23BrN2O/c1-10-6-3-4-8-15(10)9-5-7-14-12(16)11(2)13/h10-11H,3-9H2,1-2H3,(H,14,16). The minimum absolute atomic E-state index is 0.0820. The molecule has 2 atom stereocenters. The third-order valence-electron chi connectivity index (χ3n) is 3.22. The molecule has 0 spiro atoms. The molecule has 1 fully saturated rings. The molecule has 0 aromatic heterocycles. The average Bonchev–Trinajstić information content (AvgIpc) is 2.26. The number of carbonyl (C=O) groups excluding carboxylic acids is 1. The minimum atomic E-state index is -0.0820. The van der Waals surface area contributed by atoms with Crippen LogP contribution in [0.25, 0.3) is 0 Å². The Kier molecular flexibility index (Phi) is 6.36. The number of hydrogen-bond donors (Lipinski definition) is 1. The summed E-state index contributed by atoms with van der Waals surface area (Å²) in [7, 11) is 0. The first-order valence-electron chi connectivity index (χ1n) is 6.27.